The Morgan fingerprint density at radius 2 is 2.07 bits per heavy atom. The average molecular weight is 376 g/mol. The first-order valence-electron chi connectivity index (χ1n) is 8.71. The van der Waals surface area contributed by atoms with E-state index in [-0.39, 0.29) is 23.3 Å². The summed E-state index contributed by atoms with van der Waals surface area (Å²) in [6.45, 7) is 3.72. The fourth-order valence-electron chi connectivity index (χ4n) is 2.89. The van der Waals surface area contributed by atoms with Gasteiger partial charge in [0.25, 0.3) is 0 Å². The van der Waals surface area contributed by atoms with Crippen molar-refractivity contribution in [2.75, 3.05) is 12.4 Å². The number of aromatic nitrogens is 3. The third-order valence-corrected chi connectivity index (χ3v) is 4.32. The Labute approximate surface area is 162 Å². The summed E-state index contributed by atoms with van der Waals surface area (Å²) in [5.74, 6) is -0.305. The number of carbonyl (C=O) groups is 1. The summed E-state index contributed by atoms with van der Waals surface area (Å²) in [4.78, 5) is 24.7. The molecule has 8 heteroatoms. The second kappa shape index (κ2) is 7.88. The number of hydrogen-bond donors (Lipinski definition) is 2. The molecule has 0 aliphatic rings. The van der Waals surface area contributed by atoms with Crippen molar-refractivity contribution in [1.82, 2.24) is 15.0 Å². The van der Waals surface area contributed by atoms with E-state index in [1.807, 2.05) is 44.2 Å². The second-order valence-electron chi connectivity index (χ2n) is 6.57. The largest absolute Gasteiger partial charge is 0.480 e. The SMILES string of the molecule is COc1nc(N[C@@H](C(N)=O)C(C)C)nc(-c2ccc3ncccc3c2)c1C#N. The number of anilines is 1. The zero-order valence-electron chi connectivity index (χ0n) is 15.8. The molecule has 1 amide bonds. The van der Waals surface area contributed by atoms with Crippen molar-refractivity contribution in [3.8, 4) is 23.2 Å². The number of primary amides is 1. The molecule has 1 aromatic carbocycles. The summed E-state index contributed by atoms with van der Waals surface area (Å²) in [5, 5.41) is 13.5. The first-order valence-corrected chi connectivity index (χ1v) is 8.71. The van der Waals surface area contributed by atoms with Crippen LogP contribution in [0.25, 0.3) is 22.2 Å². The van der Waals surface area contributed by atoms with Gasteiger partial charge in [-0.2, -0.15) is 10.2 Å². The summed E-state index contributed by atoms with van der Waals surface area (Å²) in [6.07, 6.45) is 1.72. The Balaban J connectivity index is 2.15. The predicted molar refractivity (Wildman–Crippen MR) is 105 cm³/mol. The van der Waals surface area contributed by atoms with Gasteiger partial charge in [-0.1, -0.05) is 26.0 Å². The van der Waals surface area contributed by atoms with E-state index in [2.05, 4.69) is 26.3 Å². The molecule has 0 spiro atoms. The van der Waals surface area contributed by atoms with E-state index in [9.17, 15) is 10.1 Å². The second-order valence-corrected chi connectivity index (χ2v) is 6.57. The van der Waals surface area contributed by atoms with Crippen molar-refractivity contribution in [2.45, 2.75) is 19.9 Å². The van der Waals surface area contributed by atoms with Gasteiger partial charge >= 0.3 is 0 Å². The molecule has 0 saturated heterocycles. The van der Waals surface area contributed by atoms with Crippen molar-refractivity contribution in [3.05, 3.63) is 42.1 Å². The standard InChI is InChI=1S/C20H20N6O2/c1-11(2)16(18(22)27)24-20-25-17(14(10-21)19(26-20)28-3)13-6-7-15-12(9-13)5-4-8-23-15/h4-9,11,16H,1-3H3,(H2,22,27)(H,24,25,26)/t16-/m1/s1. The highest BCUT2D eigenvalue weighted by Gasteiger charge is 2.23. The third-order valence-electron chi connectivity index (χ3n) is 4.32. The van der Waals surface area contributed by atoms with Gasteiger partial charge in [0, 0.05) is 17.1 Å². The van der Waals surface area contributed by atoms with Crippen molar-refractivity contribution in [2.24, 2.45) is 11.7 Å². The van der Waals surface area contributed by atoms with Gasteiger partial charge in [0.1, 0.15) is 17.7 Å². The molecular formula is C20H20N6O2. The number of rotatable bonds is 6. The summed E-state index contributed by atoms with van der Waals surface area (Å²) in [6, 6.07) is 10.8. The number of nitrogens with zero attached hydrogens (tertiary/aromatic N) is 4. The van der Waals surface area contributed by atoms with E-state index in [1.165, 1.54) is 7.11 Å². The molecule has 3 N–H and O–H groups in total. The normalized spacial score (nSPS) is 11.8. The maximum Gasteiger partial charge on any atom is 0.240 e. The van der Waals surface area contributed by atoms with Gasteiger partial charge < -0.3 is 15.8 Å². The highest BCUT2D eigenvalue weighted by molar-refractivity contribution is 5.86. The molecule has 28 heavy (non-hydrogen) atoms. The van der Waals surface area contributed by atoms with Crippen LogP contribution in [0.1, 0.15) is 19.4 Å². The van der Waals surface area contributed by atoms with Gasteiger partial charge in [0.2, 0.25) is 17.7 Å². The lowest BCUT2D eigenvalue weighted by Gasteiger charge is -2.20. The number of fused-ring (bicyclic) bond motifs is 1. The number of hydrogen-bond acceptors (Lipinski definition) is 7. The molecule has 1 atom stereocenters. The summed E-state index contributed by atoms with van der Waals surface area (Å²) < 4.78 is 5.29. The lowest BCUT2D eigenvalue weighted by Crippen LogP contribution is -2.40. The van der Waals surface area contributed by atoms with Crippen molar-refractivity contribution >= 4 is 22.8 Å². The number of amides is 1. The van der Waals surface area contributed by atoms with Crippen molar-refractivity contribution in [1.29, 1.82) is 5.26 Å². The lowest BCUT2D eigenvalue weighted by molar-refractivity contribution is -0.119. The minimum Gasteiger partial charge on any atom is -0.480 e. The number of nitrogens with one attached hydrogen (secondary N) is 1. The minimum atomic E-state index is -0.661. The van der Waals surface area contributed by atoms with Crippen molar-refractivity contribution < 1.29 is 9.53 Å². The Kier molecular flexibility index (Phi) is 5.36. The highest BCUT2D eigenvalue weighted by Crippen LogP contribution is 2.30. The van der Waals surface area contributed by atoms with Crippen LogP contribution in [0, 0.1) is 17.2 Å². The number of nitriles is 1. The Bertz CT molecular complexity index is 1070. The quantitative estimate of drug-likeness (QED) is 0.676. The van der Waals surface area contributed by atoms with Crippen LogP contribution < -0.4 is 15.8 Å². The molecule has 8 nitrogen and oxygen atoms in total. The number of ether oxygens (including phenoxy) is 1. The van der Waals surface area contributed by atoms with E-state index in [0.29, 0.717) is 11.3 Å². The van der Waals surface area contributed by atoms with E-state index >= 15 is 0 Å². The highest BCUT2D eigenvalue weighted by atomic mass is 16.5. The Morgan fingerprint density at radius 3 is 2.71 bits per heavy atom. The molecule has 0 radical (unpaired) electrons. The summed E-state index contributed by atoms with van der Waals surface area (Å²) in [7, 11) is 1.43. The molecule has 142 valence electrons. The molecule has 0 aliphatic carbocycles. The Hall–Kier alpha value is -3.73. The smallest absolute Gasteiger partial charge is 0.240 e. The zero-order valence-corrected chi connectivity index (χ0v) is 15.8. The van der Waals surface area contributed by atoms with E-state index < -0.39 is 11.9 Å². The maximum atomic E-state index is 11.7. The first kappa shape index (κ1) is 19.0. The fraction of sp³-hybridized carbons (Fsp3) is 0.250. The molecule has 3 aromatic rings. The van der Waals surface area contributed by atoms with Crippen LogP contribution in [0.5, 0.6) is 5.88 Å². The molecule has 0 bridgehead atoms. The van der Waals surface area contributed by atoms with Gasteiger partial charge in [-0.3, -0.25) is 9.78 Å². The predicted octanol–water partition coefficient (Wildman–Crippen LogP) is 2.49. The van der Waals surface area contributed by atoms with E-state index in [4.69, 9.17) is 10.5 Å². The maximum absolute atomic E-state index is 11.7. The molecule has 0 saturated carbocycles. The van der Waals surface area contributed by atoms with Crippen LogP contribution in [0.2, 0.25) is 0 Å². The van der Waals surface area contributed by atoms with Gasteiger partial charge in [0.15, 0.2) is 0 Å². The molecule has 0 fully saturated rings. The molecular weight excluding hydrogens is 356 g/mol. The van der Waals surface area contributed by atoms with Crippen LogP contribution >= 0.6 is 0 Å². The zero-order chi connectivity index (χ0) is 20.3. The minimum absolute atomic E-state index is 0.0714. The number of pyridine rings is 1. The monoisotopic (exact) mass is 376 g/mol. The molecule has 0 aliphatic heterocycles. The molecule has 2 aromatic heterocycles. The number of benzene rings is 1. The third kappa shape index (κ3) is 3.69. The molecule has 2 heterocycles. The summed E-state index contributed by atoms with van der Waals surface area (Å²) in [5.41, 5.74) is 7.62. The van der Waals surface area contributed by atoms with Gasteiger partial charge in [0.05, 0.1) is 18.3 Å². The first-order chi connectivity index (χ1) is 13.4. The number of carbonyl (C=O) groups excluding carboxylic acids is 1. The van der Waals surface area contributed by atoms with Crippen LogP contribution in [0.3, 0.4) is 0 Å². The van der Waals surface area contributed by atoms with Gasteiger partial charge in [-0.15, -0.1) is 0 Å². The van der Waals surface area contributed by atoms with Crippen LogP contribution in [0.15, 0.2) is 36.5 Å². The van der Waals surface area contributed by atoms with E-state index in [1.54, 1.807) is 6.20 Å². The van der Waals surface area contributed by atoms with Crippen LogP contribution in [-0.4, -0.2) is 34.0 Å². The van der Waals surface area contributed by atoms with Crippen LogP contribution in [-0.2, 0) is 4.79 Å². The van der Waals surface area contributed by atoms with Gasteiger partial charge in [-0.05, 0) is 24.1 Å². The fourth-order valence-corrected chi connectivity index (χ4v) is 2.89. The molecule has 3 rings (SSSR count). The molecule has 0 unspecified atom stereocenters. The number of nitrogens with two attached hydrogens (primary N) is 1. The van der Waals surface area contributed by atoms with Crippen LogP contribution in [0.4, 0.5) is 5.95 Å². The Morgan fingerprint density at radius 1 is 1.29 bits per heavy atom. The van der Waals surface area contributed by atoms with Gasteiger partial charge in [-0.25, -0.2) is 4.98 Å². The average Bonchev–Trinajstić information content (AvgIpc) is 2.70. The topological polar surface area (TPSA) is 127 Å². The van der Waals surface area contributed by atoms with Crippen molar-refractivity contribution in [3.63, 3.8) is 0 Å². The lowest BCUT2D eigenvalue weighted by atomic mass is 10.0. The van der Waals surface area contributed by atoms with E-state index in [0.717, 1.165) is 10.9 Å². The number of methoxy groups -OCH3 is 1. The summed E-state index contributed by atoms with van der Waals surface area (Å²) >= 11 is 0.